The molecule has 0 radical (unpaired) electrons. The van der Waals surface area contributed by atoms with Crippen molar-refractivity contribution in [1.82, 2.24) is 4.90 Å². The predicted octanol–water partition coefficient (Wildman–Crippen LogP) is 2.78. The molecule has 3 nitrogen and oxygen atoms in total. The lowest BCUT2D eigenvalue weighted by Crippen LogP contribution is -2.61. The first-order chi connectivity index (χ1) is 9.09. The van der Waals surface area contributed by atoms with Gasteiger partial charge in [-0.3, -0.25) is 4.90 Å². The van der Waals surface area contributed by atoms with E-state index in [9.17, 15) is 0 Å². The van der Waals surface area contributed by atoms with Gasteiger partial charge in [0, 0.05) is 12.1 Å². The van der Waals surface area contributed by atoms with Gasteiger partial charge in [0.05, 0.1) is 12.2 Å². The Morgan fingerprint density at radius 3 is 2.21 bits per heavy atom. The summed E-state index contributed by atoms with van der Waals surface area (Å²) in [6, 6.07) is 0. The van der Waals surface area contributed by atoms with Crippen LogP contribution >= 0.6 is 0 Å². The largest absolute Gasteiger partial charge is 0.375 e. The molecule has 0 aliphatic carbocycles. The van der Waals surface area contributed by atoms with E-state index in [0.29, 0.717) is 12.2 Å². The maximum atomic E-state index is 6.19. The highest BCUT2D eigenvalue weighted by Gasteiger charge is 2.43. The number of likely N-dealkylation sites (tertiary alicyclic amines) is 1. The monoisotopic (exact) mass is 268 g/mol. The van der Waals surface area contributed by atoms with Gasteiger partial charge in [0.2, 0.25) is 0 Å². The SMILES string of the molecule is CCCC1CCN(C2(CN)CC(C)OC(C)C2)CC1. The number of hydrogen-bond donors (Lipinski definition) is 1. The molecule has 2 aliphatic heterocycles. The molecule has 19 heavy (non-hydrogen) atoms. The summed E-state index contributed by atoms with van der Waals surface area (Å²) >= 11 is 0. The fourth-order valence-corrected chi connectivity index (χ4v) is 4.30. The lowest BCUT2D eigenvalue weighted by molar-refractivity contribution is -0.109. The lowest BCUT2D eigenvalue weighted by atomic mass is 9.80. The molecule has 2 heterocycles. The Balaban J connectivity index is 1.98. The van der Waals surface area contributed by atoms with E-state index in [1.165, 1.54) is 38.8 Å². The number of nitrogens with zero attached hydrogens (tertiary/aromatic N) is 1. The molecule has 0 saturated carbocycles. The molecule has 2 fully saturated rings. The van der Waals surface area contributed by atoms with Gasteiger partial charge in [-0.1, -0.05) is 19.8 Å². The van der Waals surface area contributed by atoms with E-state index in [2.05, 4.69) is 25.7 Å². The summed E-state index contributed by atoms with van der Waals surface area (Å²) in [6.07, 6.45) is 8.35. The molecule has 3 heteroatoms. The van der Waals surface area contributed by atoms with E-state index in [1.807, 2.05) is 0 Å². The zero-order valence-electron chi connectivity index (χ0n) is 13.0. The van der Waals surface area contributed by atoms with E-state index < -0.39 is 0 Å². The molecule has 0 amide bonds. The molecular weight excluding hydrogens is 236 g/mol. The van der Waals surface area contributed by atoms with E-state index in [-0.39, 0.29) is 5.54 Å². The van der Waals surface area contributed by atoms with Gasteiger partial charge in [-0.15, -0.1) is 0 Å². The Kier molecular flexibility index (Phi) is 5.27. The van der Waals surface area contributed by atoms with Crippen LogP contribution in [0, 0.1) is 5.92 Å². The van der Waals surface area contributed by atoms with Crippen molar-refractivity contribution >= 4 is 0 Å². The second-order valence-corrected chi connectivity index (χ2v) is 6.81. The van der Waals surface area contributed by atoms with Crippen LogP contribution in [0.15, 0.2) is 0 Å². The third-order valence-electron chi connectivity index (χ3n) is 5.16. The summed E-state index contributed by atoms with van der Waals surface area (Å²) in [5, 5.41) is 0. The minimum atomic E-state index is 0.203. The Morgan fingerprint density at radius 2 is 1.74 bits per heavy atom. The molecule has 112 valence electrons. The van der Waals surface area contributed by atoms with E-state index in [1.54, 1.807) is 0 Å². The zero-order valence-corrected chi connectivity index (χ0v) is 13.0. The summed E-state index contributed by atoms with van der Waals surface area (Å²) < 4.78 is 5.91. The van der Waals surface area contributed by atoms with Crippen LogP contribution in [0.5, 0.6) is 0 Å². The average molecular weight is 268 g/mol. The standard InChI is InChI=1S/C16H32N2O/c1-4-5-15-6-8-18(9-7-15)16(12-17)10-13(2)19-14(3)11-16/h13-15H,4-12,17H2,1-3H3. The van der Waals surface area contributed by atoms with Crippen LogP contribution in [0.4, 0.5) is 0 Å². The summed E-state index contributed by atoms with van der Waals surface area (Å²) in [5.41, 5.74) is 6.39. The quantitative estimate of drug-likeness (QED) is 0.852. The van der Waals surface area contributed by atoms with Gasteiger partial charge in [-0.25, -0.2) is 0 Å². The molecule has 2 aliphatic rings. The summed E-state index contributed by atoms with van der Waals surface area (Å²) in [5.74, 6) is 0.950. The fourth-order valence-electron chi connectivity index (χ4n) is 4.30. The van der Waals surface area contributed by atoms with Gasteiger partial charge < -0.3 is 10.5 Å². The van der Waals surface area contributed by atoms with Crippen molar-refractivity contribution < 1.29 is 4.74 Å². The Hall–Kier alpha value is -0.120. The van der Waals surface area contributed by atoms with Crippen LogP contribution in [0.2, 0.25) is 0 Å². The first-order valence-electron chi connectivity index (χ1n) is 8.20. The summed E-state index contributed by atoms with van der Waals surface area (Å²) in [6.45, 7) is 9.95. The molecule has 2 saturated heterocycles. The van der Waals surface area contributed by atoms with E-state index in [4.69, 9.17) is 10.5 Å². The minimum absolute atomic E-state index is 0.203. The minimum Gasteiger partial charge on any atom is -0.375 e. The Morgan fingerprint density at radius 1 is 1.16 bits per heavy atom. The molecule has 2 N–H and O–H groups in total. The molecule has 2 rings (SSSR count). The van der Waals surface area contributed by atoms with Crippen molar-refractivity contribution in [3.05, 3.63) is 0 Å². The van der Waals surface area contributed by atoms with Gasteiger partial charge in [0.1, 0.15) is 0 Å². The zero-order chi connectivity index (χ0) is 13.9. The van der Waals surface area contributed by atoms with Crippen molar-refractivity contribution in [2.45, 2.75) is 77.0 Å². The smallest absolute Gasteiger partial charge is 0.0568 e. The van der Waals surface area contributed by atoms with Crippen molar-refractivity contribution in [3.63, 3.8) is 0 Å². The van der Waals surface area contributed by atoms with Gasteiger partial charge >= 0.3 is 0 Å². The first kappa shape index (κ1) is 15.3. The van der Waals surface area contributed by atoms with Crippen molar-refractivity contribution in [2.75, 3.05) is 19.6 Å². The highest BCUT2D eigenvalue weighted by Crippen LogP contribution is 2.36. The van der Waals surface area contributed by atoms with Crippen molar-refractivity contribution in [2.24, 2.45) is 11.7 Å². The number of nitrogens with two attached hydrogens (primary N) is 1. The normalized spacial score (nSPS) is 38.5. The highest BCUT2D eigenvalue weighted by atomic mass is 16.5. The third-order valence-corrected chi connectivity index (χ3v) is 5.16. The van der Waals surface area contributed by atoms with Gasteiger partial charge in [-0.2, -0.15) is 0 Å². The number of piperidine rings is 1. The predicted molar refractivity (Wildman–Crippen MR) is 80.2 cm³/mol. The number of ether oxygens (including phenoxy) is 1. The maximum absolute atomic E-state index is 6.19. The van der Waals surface area contributed by atoms with Gasteiger partial charge in [0.15, 0.2) is 0 Å². The van der Waals surface area contributed by atoms with Crippen molar-refractivity contribution in [3.8, 4) is 0 Å². The van der Waals surface area contributed by atoms with Crippen LogP contribution in [0.25, 0.3) is 0 Å². The van der Waals surface area contributed by atoms with Crippen LogP contribution in [0.3, 0.4) is 0 Å². The number of rotatable bonds is 4. The molecule has 0 aromatic carbocycles. The Bertz CT molecular complexity index is 264. The topological polar surface area (TPSA) is 38.5 Å². The van der Waals surface area contributed by atoms with Crippen LogP contribution in [-0.4, -0.2) is 42.3 Å². The molecular formula is C16H32N2O. The van der Waals surface area contributed by atoms with Crippen molar-refractivity contribution in [1.29, 1.82) is 0 Å². The summed E-state index contributed by atoms with van der Waals surface area (Å²) in [7, 11) is 0. The molecule has 0 bridgehead atoms. The van der Waals surface area contributed by atoms with Crippen LogP contribution in [0.1, 0.15) is 59.3 Å². The molecule has 0 spiro atoms. The van der Waals surface area contributed by atoms with Crippen LogP contribution in [-0.2, 0) is 4.74 Å². The highest BCUT2D eigenvalue weighted by molar-refractivity contribution is 4.99. The van der Waals surface area contributed by atoms with E-state index >= 15 is 0 Å². The van der Waals surface area contributed by atoms with Crippen LogP contribution < -0.4 is 5.73 Å². The first-order valence-corrected chi connectivity index (χ1v) is 8.20. The third kappa shape index (κ3) is 3.50. The maximum Gasteiger partial charge on any atom is 0.0568 e. The molecule has 2 atom stereocenters. The molecule has 0 aromatic rings. The second-order valence-electron chi connectivity index (χ2n) is 6.81. The fraction of sp³-hybridized carbons (Fsp3) is 1.00. The number of hydrogen-bond acceptors (Lipinski definition) is 3. The van der Waals surface area contributed by atoms with E-state index in [0.717, 1.165) is 25.3 Å². The van der Waals surface area contributed by atoms with Gasteiger partial charge in [-0.05, 0) is 58.5 Å². The Labute approximate surface area is 118 Å². The molecule has 0 aromatic heterocycles. The second kappa shape index (κ2) is 6.55. The lowest BCUT2D eigenvalue weighted by Gasteiger charge is -2.51. The average Bonchev–Trinajstić information content (AvgIpc) is 2.38. The molecule has 2 unspecified atom stereocenters. The van der Waals surface area contributed by atoms with Gasteiger partial charge in [0.25, 0.3) is 0 Å². The summed E-state index contributed by atoms with van der Waals surface area (Å²) in [4.78, 5) is 2.69.